The third kappa shape index (κ3) is 1.84. The highest BCUT2D eigenvalue weighted by atomic mass is 15.4. The molecule has 0 bridgehead atoms. The van der Waals surface area contributed by atoms with Crippen LogP contribution in [0.4, 0.5) is 0 Å². The zero-order chi connectivity index (χ0) is 9.19. The van der Waals surface area contributed by atoms with Crippen molar-refractivity contribution >= 4 is 0 Å². The summed E-state index contributed by atoms with van der Waals surface area (Å²) in [6, 6.07) is 0. The number of rotatable bonds is 3. The molecule has 12 heavy (non-hydrogen) atoms. The van der Waals surface area contributed by atoms with E-state index in [1.54, 1.807) is 0 Å². The van der Waals surface area contributed by atoms with Gasteiger partial charge in [0, 0.05) is 6.20 Å². The first-order valence-corrected chi connectivity index (χ1v) is 4.45. The van der Waals surface area contributed by atoms with E-state index < -0.39 is 0 Å². The van der Waals surface area contributed by atoms with Crippen molar-refractivity contribution in [3.05, 3.63) is 11.9 Å². The van der Waals surface area contributed by atoms with Gasteiger partial charge in [0.25, 0.3) is 0 Å². The van der Waals surface area contributed by atoms with Crippen LogP contribution >= 0.6 is 0 Å². The van der Waals surface area contributed by atoms with E-state index in [1.807, 2.05) is 17.8 Å². The van der Waals surface area contributed by atoms with Crippen molar-refractivity contribution in [2.24, 2.45) is 0 Å². The molecule has 0 aliphatic carbocycles. The maximum Gasteiger partial charge on any atom is 0.0796 e. The average molecular weight is 167 g/mol. The van der Waals surface area contributed by atoms with E-state index in [0.717, 1.165) is 12.1 Å². The van der Waals surface area contributed by atoms with E-state index in [9.17, 15) is 0 Å². The van der Waals surface area contributed by atoms with Gasteiger partial charge < -0.3 is 0 Å². The Balaban J connectivity index is 2.81. The molecule has 0 spiro atoms. The fourth-order valence-corrected chi connectivity index (χ4v) is 1.37. The minimum atomic E-state index is 0.107. The van der Waals surface area contributed by atoms with Crippen molar-refractivity contribution < 1.29 is 0 Å². The predicted molar refractivity (Wildman–Crippen MR) is 49.0 cm³/mol. The summed E-state index contributed by atoms with van der Waals surface area (Å²) in [5.41, 5.74) is 1.09. The predicted octanol–water partition coefficient (Wildman–Crippen LogP) is 2.12. The molecule has 0 aromatic carbocycles. The highest BCUT2D eigenvalue weighted by Crippen LogP contribution is 2.19. The molecule has 0 fully saturated rings. The van der Waals surface area contributed by atoms with Gasteiger partial charge in [-0.2, -0.15) is 0 Å². The van der Waals surface area contributed by atoms with Gasteiger partial charge in [0.05, 0.1) is 11.2 Å². The number of hydrogen-bond donors (Lipinski definition) is 0. The highest BCUT2D eigenvalue weighted by Gasteiger charge is 2.19. The van der Waals surface area contributed by atoms with Gasteiger partial charge in [-0.25, -0.2) is 4.68 Å². The van der Waals surface area contributed by atoms with Gasteiger partial charge in [0.1, 0.15) is 0 Å². The molecule has 1 rings (SSSR count). The zero-order valence-corrected chi connectivity index (χ0v) is 8.33. The van der Waals surface area contributed by atoms with Gasteiger partial charge in [-0.3, -0.25) is 0 Å². The standard InChI is InChI=1S/C9H17N3/c1-5-6-9(3,4)12-7-8(2)10-11-12/h7H,5-6H2,1-4H3. The lowest BCUT2D eigenvalue weighted by atomic mass is 9.99. The molecule has 3 nitrogen and oxygen atoms in total. The smallest absolute Gasteiger partial charge is 0.0796 e. The second-order valence-electron chi connectivity index (χ2n) is 3.87. The van der Waals surface area contributed by atoms with Crippen LogP contribution in [0.5, 0.6) is 0 Å². The van der Waals surface area contributed by atoms with Crippen molar-refractivity contribution in [1.29, 1.82) is 0 Å². The molecular formula is C9H17N3. The van der Waals surface area contributed by atoms with Crippen LogP contribution in [0.15, 0.2) is 6.20 Å². The van der Waals surface area contributed by atoms with Crippen molar-refractivity contribution in [2.75, 3.05) is 0 Å². The van der Waals surface area contributed by atoms with E-state index in [0.29, 0.717) is 0 Å². The van der Waals surface area contributed by atoms with Crippen molar-refractivity contribution in [2.45, 2.75) is 46.1 Å². The lowest BCUT2D eigenvalue weighted by molar-refractivity contribution is 0.286. The van der Waals surface area contributed by atoms with Gasteiger partial charge >= 0.3 is 0 Å². The molecule has 0 radical (unpaired) electrons. The quantitative estimate of drug-likeness (QED) is 0.690. The molecule has 3 heteroatoms. The minimum absolute atomic E-state index is 0.107. The molecule has 1 aromatic heterocycles. The second kappa shape index (κ2) is 3.25. The Morgan fingerprint density at radius 1 is 1.50 bits per heavy atom. The van der Waals surface area contributed by atoms with Gasteiger partial charge in [-0.1, -0.05) is 18.6 Å². The Morgan fingerprint density at radius 3 is 2.58 bits per heavy atom. The van der Waals surface area contributed by atoms with Gasteiger partial charge in [-0.05, 0) is 27.2 Å². The summed E-state index contributed by atoms with van der Waals surface area (Å²) in [5, 5.41) is 8.05. The van der Waals surface area contributed by atoms with Crippen LogP contribution in [0, 0.1) is 6.92 Å². The topological polar surface area (TPSA) is 30.7 Å². The monoisotopic (exact) mass is 167 g/mol. The summed E-state index contributed by atoms with van der Waals surface area (Å²) in [6.07, 6.45) is 4.30. The molecule has 0 unspecified atom stereocenters. The van der Waals surface area contributed by atoms with E-state index in [4.69, 9.17) is 0 Å². The van der Waals surface area contributed by atoms with Gasteiger partial charge in [0.15, 0.2) is 0 Å². The minimum Gasteiger partial charge on any atom is -0.247 e. The van der Waals surface area contributed by atoms with Crippen LogP contribution < -0.4 is 0 Å². The SMILES string of the molecule is CCCC(C)(C)n1cc(C)nn1. The Labute approximate surface area is 73.8 Å². The Hall–Kier alpha value is -0.860. The summed E-state index contributed by atoms with van der Waals surface area (Å²) in [6.45, 7) is 8.52. The highest BCUT2D eigenvalue weighted by molar-refractivity contribution is 4.90. The first-order valence-electron chi connectivity index (χ1n) is 4.45. The lowest BCUT2D eigenvalue weighted by Gasteiger charge is -2.23. The molecular weight excluding hydrogens is 150 g/mol. The molecule has 1 aromatic rings. The number of aromatic nitrogens is 3. The molecule has 0 saturated heterocycles. The fourth-order valence-electron chi connectivity index (χ4n) is 1.37. The van der Waals surface area contributed by atoms with Crippen LogP contribution in [-0.4, -0.2) is 15.0 Å². The van der Waals surface area contributed by atoms with Crippen LogP contribution in [0.25, 0.3) is 0 Å². The molecule has 0 atom stereocenters. The normalized spacial score (nSPS) is 12.0. The van der Waals surface area contributed by atoms with Crippen molar-refractivity contribution in [1.82, 2.24) is 15.0 Å². The molecule has 1 heterocycles. The van der Waals surface area contributed by atoms with E-state index in [1.165, 1.54) is 6.42 Å². The third-order valence-corrected chi connectivity index (χ3v) is 2.09. The van der Waals surface area contributed by atoms with E-state index >= 15 is 0 Å². The Morgan fingerprint density at radius 2 is 2.17 bits per heavy atom. The van der Waals surface area contributed by atoms with Crippen LogP contribution in [-0.2, 0) is 5.54 Å². The molecule has 0 N–H and O–H groups in total. The van der Waals surface area contributed by atoms with Crippen LogP contribution in [0.2, 0.25) is 0 Å². The Kier molecular flexibility index (Phi) is 2.50. The number of nitrogens with zero attached hydrogens (tertiary/aromatic N) is 3. The first-order chi connectivity index (χ1) is 5.56. The van der Waals surface area contributed by atoms with Crippen LogP contribution in [0.1, 0.15) is 39.3 Å². The fraction of sp³-hybridized carbons (Fsp3) is 0.778. The van der Waals surface area contributed by atoms with Gasteiger partial charge in [0.2, 0.25) is 0 Å². The molecule has 68 valence electrons. The molecule has 0 saturated carbocycles. The zero-order valence-electron chi connectivity index (χ0n) is 8.33. The molecule has 0 aliphatic heterocycles. The number of hydrogen-bond acceptors (Lipinski definition) is 2. The van der Waals surface area contributed by atoms with Crippen molar-refractivity contribution in [3.63, 3.8) is 0 Å². The maximum absolute atomic E-state index is 4.07. The van der Waals surface area contributed by atoms with E-state index in [2.05, 4.69) is 31.1 Å². The maximum atomic E-state index is 4.07. The number of aryl methyl sites for hydroxylation is 1. The Bertz CT molecular complexity index is 250. The van der Waals surface area contributed by atoms with E-state index in [-0.39, 0.29) is 5.54 Å². The third-order valence-electron chi connectivity index (χ3n) is 2.09. The summed E-state index contributed by atoms with van der Waals surface area (Å²) in [4.78, 5) is 0. The summed E-state index contributed by atoms with van der Waals surface area (Å²) < 4.78 is 1.95. The molecule has 0 amide bonds. The first kappa shape index (κ1) is 9.23. The summed E-state index contributed by atoms with van der Waals surface area (Å²) >= 11 is 0. The lowest BCUT2D eigenvalue weighted by Crippen LogP contribution is -2.26. The van der Waals surface area contributed by atoms with Crippen LogP contribution in [0.3, 0.4) is 0 Å². The van der Waals surface area contributed by atoms with Crippen molar-refractivity contribution in [3.8, 4) is 0 Å². The molecule has 0 aliphatic rings. The van der Waals surface area contributed by atoms with Gasteiger partial charge in [-0.15, -0.1) is 5.10 Å². The summed E-state index contributed by atoms with van der Waals surface area (Å²) in [5.74, 6) is 0. The average Bonchev–Trinajstić information content (AvgIpc) is 2.36. The largest absolute Gasteiger partial charge is 0.247 e. The summed E-state index contributed by atoms with van der Waals surface area (Å²) in [7, 11) is 0. The second-order valence-corrected chi connectivity index (χ2v) is 3.87.